The number of benzene rings is 2. The minimum absolute atomic E-state index is 0.0338. The third kappa shape index (κ3) is 6.72. The lowest BCUT2D eigenvalue weighted by molar-refractivity contribution is -0.135. The number of piperidine rings is 1. The molecule has 3 aliphatic rings. The van der Waals surface area contributed by atoms with Crippen molar-refractivity contribution in [3.05, 3.63) is 54.4 Å². The second-order valence-corrected chi connectivity index (χ2v) is 11.1. The van der Waals surface area contributed by atoms with Crippen LogP contribution in [0, 0.1) is 11.3 Å². The third-order valence-electron chi connectivity index (χ3n) is 8.31. The predicted octanol–water partition coefficient (Wildman–Crippen LogP) is 2.37. The summed E-state index contributed by atoms with van der Waals surface area (Å²) in [6, 6.07) is 15.8. The van der Waals surface area contributed by atoms with E-state index in [1.807, 2.05) is 12.1 Å². The number of rotatable bonds is 9. The van der Waals surface area contributed by atoms with E-state index in [-0.39, 0.29) is 43.2 Å². The fourth-order valence-electron chi connectivity index (χ4n) is 5.68. The van der Waals surface area contributed by atoms with Crippen LogP contribution in [0.2, 0.25) is 0 Å². The Bertz CT molecular complexity index is 1490. The number of halogens is 1. The minimum Gasteiger partial charge on any atom is -0.486 e. The number of aromatic nitrogens is 3. The van der Waals surface area contributed by atoms with Gasteiger partial charge in [-0.1, -0.05) is 0 Å². The average molecular weight is 603 g/mol. The van der Waals surface area contributed by atoms with Crippen LogP contribution in [-0.4, -0.2) is 113 Å². The van der Waals surface area contributed by atoms with Gasteiger partial charge in [0.1, 0.15) is 24.3 Å². The zero-order valence-electron chi connectivity index (χ0n) is 24.3. The van der Waals surface area contributed by atoms with Gasteiger partial charge in [0.15, 0.2) is 12.0 Å². The van der Waals surface area contributed by atoms with E-state index in [9.17, 15) is 14.4 Å². The Kier molecular flexibility index (Phi) is 9.11. The number of alkyl halides is 1. The summed E-state index contributed by atoms with van der Waals surface area (Å²) in [5, 5.41) is 22.0. The summed E-state index contributed by atoms with van der Waals surface area (Å²) < 4.78 is 26.1. The van der Waals surface area contributed by atoms with Crippen molar-refractivity contribution >= 4 is 23.2 Å². The van der Waals surface area contributed by atoms with E-state index in [1.165, 1.54) is 16.9 Å². The lowest BCUT2D eigenvalue weighted by atomic mass is 10.0. The van der Waals surface area contributed by atoms with E-state index in [4.69, 9.17) is 14.6 Å². The smallest absolute Gasteiger partial charge is 0.230 e. The summed E-state index contributed by atoms with van der Waals surface area (Å²) in [5.74, 6) is 0.699. The monoisotopic (exact) mass is 602 g/mol. The molecule has 3 fully saturated rings. The molecule has 1 aromatic heterocycles. The van der Waals surface area contributed by atoms with Crippen LogP contribution < -0.4 is 15.0 Å². The summed E-state index contributed by atoms with van der Waals surface area (Å²) in [6.45, 7) is 5.66. The molecule has 0 bridgehead atoms. The molecule has 0 saturated carbocycles. The van der Waals surface area contributed by atoms with Crippen molar-refractivity contribution < 1.29 is 23.8 Å². The van der Waals surface area contributed by atoms with Crippen LogP contribution in [0.1, 0.15) is 18.4 Å². The van der Waals surface area contributed by atoms with E-state index < -0.39 is 12.3 Å². The molecule has 12 nitrogen and oxygen atoms in total. The van der Waals surface area contributed by atoms with Gasteiger partial charge >= 0.3 is 0 Å². The second kappa shape index (κ2) is 13.5. The normalized spacial score (nSPS) is 20.9. The van der Waals surface area contributed by atoms with E-state index in [0.29, 0.717) is 29.9 Å². The topological polar surface area (TPSA) is 140 Å². The molecule has 44 heavy (non-hydrogen) atoms. The number of carbonyl (C=O) groups excluding carboxylic acids is 1. The van der Waals surface area contributed by atoms with Crippen LogP contribution >= 0.6 is 0 Å². The molecule has 3 aliphatic heterocycles. The first-order valence-corrected chi connectivity index (χ1v) is 14.9. The number of nitrogens with zero attached hydrogens (tertiary/aromatic N) is 7. The molecule has 0 spiro atoms. The third-order valence-corrected chi connectivity index (χ3v) is 8.31. The van der Waals surface area contributed by atoms with Crippen molar-refractivity contribution in [2.75, 3.05) is 69.3 Å². The highest BCUT2D eigenvalue weighted by molar-refractivity contribution is 5.76. The molecule has 3 saturated heterocycles. The van der Waals surface area contributed by atoms with E-state index in [0.717, 1.165) is 45.1 Å². The van der Waals surface area contributed by atoms with Crippen molar-refractivity contribution in [1.82, 2.24) is 24.8 Å². The Morgan fingerprint density at radius 1 is 1.11 bits per heavy atom. The van der Waals surface area contributed by atoms with Crippen LogP contribution in [0.4, 0.5) is 21.7 Å². The molecule has 230 valence electrons. The molecule has 1 unspecified atom stereocenters. The van der Waals surface area contributed by atoms with Crippen molar-refractivity contribution in [2.24, 2.45) is 0 Å². The van der Waals surface area contributed by atoms with E-state index in [2.05, 4.69) is 48.3 Å². The highest BCUT2D eigenvalue weighted by atomic mass is 19.1. The fraction of sp³-hybridized carbons (Fsp3) is 0.452. The van der Waals surface area contributed by atoms with Crippen LogP contribution in [0.3, 0.4) is 0 Å². The minimum atomic E-state index is -1.42. The van der Waals surface area contributed by atoms with E-state index in [1.54, 1.807) is 18.2 Å². The Balaban J connectivity index is 1.07. The zero-order chi connectivity index (χ0) is 30.5. The number of nitriles is 1. The number of nitrogens with one attached hydrogen (secondary N) is 1. The molecule has 6 rings (SSSR count). The van der Waals surface area contributed by atoms with Gasteiger partial charge < -0.3 is 29.7 Å². The van der Waals surface area contributed by atoms with Crippen LogP contribution in [0.25, 0.3) is 11.4 Å². The molecule has 2 atom stereocenters. The molecule has 2 aromatic carbocycles. The van der Waals surface area contributed by atoms with Crippen LogP contribution in [0.15, 0.2) is 48.8 Å². The molecule has 13 heteroatoms. The maximum Gasteiger partial charge on any atom is 0.230 e. The summed E-state index contributed by atoms with van der Waals surface area (Å²) in [7, 11) is 0. The Morgan fingerprint density at radius 2 is 1.91 bits per heavy atom. The number of likely N-dealkylation sites (tertiary alicyclic amines) is 1. The number of anilines is 3. The van der Waals surface area contributed by atoms with Crippen molar-refractivity contribution in [3.63, 3.8) is 0 Å². The van der Waals surface area contributed by atoms with Gasteiger partial charge in [0.2, 0.25) is 11.9 Å². The summed E-state index contributed by atoms with van der Waals surface area (Å²) in [5.41, 5.74) is 2.81. The summed E-state index contributed by atoms with van der Waals surface area (Å²) >= 11 is 0. The fourth-order valence-corrected chi connectivity index (χ4v) is 5.68. The Morgan fingerprint density at radius 3 is 2.59 bits per heavy atom. The van der Waals surface area contributed by atoms with E-state index >= 15 is 0 Å². The number of hydrogen-bond acceptors (Lipinski definition) is 11. The van der Waals surface area contributed by atoms with Gasteiger partial charge in [0.25, 0.3) is 0 Å². The largest absolute Gasteiger partial charge is 0.486 e. The maximum absolute atomic E-state index is 14.9. The number of ether oxygens (including phenoxy) is 2. The summed E-state index contributed by atoms with van der Waals surface area (Å²) in [4.78, 5) is 31.4. The predicted molar refractivity (Wildman–Crippen MR) is 160 cm³/mol. The standard InChI is InChI=1S/C31H35FN8O4/c32-26-17-40(29(42)8-14-41)9-7-28(26)44-27-6-1-21(15-22(27)16-33)30-34-20-35-31(37-30)36-23-2-4-24(5-3-23)38-10-12-39(13-11-38)25-18-43-19-25/h1-6,15,20,25-26,28,41H,7-14,17-19H2,(H,34,35,36,37)/t26-,28?/m1/s1. The molecular weight excluding hydrogens is 567 g/mol. The van der Waals surface area contributed by atoms with Gasteiger partial charge in [-0.2, -0.15) is 10.2 Å². The number of carbonyl (C=O) groups is 1. The highest BCUT2D eigenvalue weighted by Gasteiger charge is 2.33. The van der Waals surface area contributed by atoms with Gasteiger partial charge in [-0.3, -0.25) is 9.69 Å². The molecular formula is C31H35FN8O4. The number of hydrogen-bond donors (Lipinski definition) is 2. The quantitative estimate of drug-likeness (QED) is 0.373. The summed E-state index contributed by atoms with van der Waals surface area (Å²) in [6.07, 6.45) is -0.559. The average Bonchev–Trinajstić information content (AvgIpc) is 3.02. The van der Waals surface area contributed by atoms with Crippen LogP contribution in [0.5, 0.6) is 5.75 Å². The van der Waals surface area contributed by atoms with Gasteiger partial charge in [-0.25, -0.2) is 14.4 Å². The van der Waals surface area contributed by atoms with Gasteiger partial charge in [-0.15, -0.1) is 0 Å². The van der Waals surface area contributed by atoms with Gasteiger partial charge in [0, 0.05) is 62.5 Å². The molecule has 4 heterocycles. The van der Waals surface area contributed by atoms with Gasteiger partial charge in [-0.05, 0) is 42.5 Å². The Labute approximate surface area is 255 Å². The second-order valence-electron chi connectivity index (χ2n) is 11.1. The highest BCUT2D eigenvalue weighted by Crippen LogP contribution is 2.29. The zero-order valence-corrected chi connectivity index (χ0v) is 24.3. The van der Waals surface area contributed by atoms with Crippen molar-refractivity contribution in [3.8, 4) is 23.2 Å². The number of aliphatic hydroxyl groups is 1. The molecule has 2 N–H and O–H groups in total. The first kappa shape index (κ1) is 29.7. The number of amides is 1. The lowest BCUT2D eigenvalue weighted by Gasteiger charge is -2.43. The first-order chi connectivity index (χ1) is 21.5. The van der Waals surface area contributed by atoms with Crippen molar-refractivity contribution in [1.29, 1.82) is 5.26 Å². The number of piperazine rings is 1. The lowest BCUT2D eigenvalue weighted by Crippen LogP contribution is -2.56. The molecule has 3 aromatic rings. The van der Waals surface area contributed by atoms with Crippen molar-refractivity contribution in [2.45, 2.75) is 31.2 Å². The van der Waals surface area contributed by atoms with Crippen LogP contribution in [-0.2, 0) is 9.53 Å². The SMILES string of the molecule is N#Cc1cc(-c2ncnc(Nc3ccc(N4CCN(C5COC5)CC4)cc3)n2)ccc1OC1CCN(C(=O)CCO)C[C@H]1F. The molecule has 1 amide bonds. The molecule has 0 radical (unpaired) electrons. The van der Waals surface area contributed by atoms with Gasteiger partial charge in [0.05, 0.1) is 38.0 Å². The Hall–Kier alpha value is -4.38. The maximum atomic E-state index is 14.9. The first-order valence-electron chi connectivity index (χ1n) is 14.9. The number of aliphatic hydroxyl groups excluding tert-OH is 1. The molecule has 0 aliphatic carbocycles.